The summed E-state index contributed by atoms with van der Waals surface area (Å²) in [6, 6.07) is 0. The van der Waals surface area contributed by atoms with Crippen LogP contribution in [0, 0.1) is 5.92 Å². The molecule has 0 fully saturated rings. The van der Waals surface area contributed by atoms with Gasteiger partial charge in [-0.15, -0.1) is 0 Å². The van der Waals surface area contributed by atoms with Gasteiger partial charge in [0, 0.05) is 0 Å². The van der Waals surface area contributed by atoms with Crippen molar-refractivity contribution in [2.75, 3.05) is 6.61 Å². The van der Waals surface area contributed by atoms with Gasteiger partial charge in [-0.1, -0.05) is 72.1 Å². The molecule has 0 aromatic carbocycles. The number of hydrogen-bond acceptors (Lipinski definition) is 3. The quantitative estimate of drug-likeness (QED) is 0.430. The molecule has 114 valence electrons. The van der Waals surface area contributed by atoms with Gasteiger partial charge >= 0.3 is 5.97 Å². The van der Waals surface area contributed by atoms with Crippen LogP contribution in [0.25, 0.3) is 0 Å². The highest BCUT2D eigenvalue weighted by atomic mass is 16.5. The average Bonchev–Trinajstić information content (AvgIpc) is 2.38. The number of aliphatic hydroxyl groups excluding tert-OH is 1. The van der Waals surface area contributed by atoms with E-state index in [1.165, 1.54) is 44.9 Å². The zero-order chi connectivity index (χ0) is 14.5. The third-order valence-corrected chi connectivity index (χ3v) is 3.28. The maximum absolute atomic E-state index is 11.2. The van der Waals surface area contributed by atoms with Gasteiger partial charge in [-0.3, -0.25) is 4.79 Å². The van der Waals surface area contributed by atoms with E-state index in [2.05, 4.69) is 6.92 Å². The first kappa shape index (κ1) is 18.4. The Morgan fingerprint density at radius 3 is 2.05 bits per heavy atom. The molecule has 1 unspecified atom stereocenters. The molecule has 19 heavy (non-hydrogen) atoms. The van der Waals surface area contributed by atoms with Crippen LogP contribution in [0.2, 0.25) is 0 Å². The molecular formula is C16H32O3. The van der Waals surface area contributed by atoms with Crippen molar-refractivity contribution in [3.8, 4) is 0 Å². The molecule has 0 bridgehead atoms. The lowest BCUT2D eigenvalue weighted by atomic mass is 10.1. The fourth-order valence-corrected chi connectivity index (χ4v) is 1.94. The summed E-state index contributed by atoms with van der Waals surface area (Å²) >= 11 is 0. The third kappa shape index (κ3) is 12.2. The summed E-state index contributed by atoms with van der Waals surface area (Å²) in [5, 5.41) is 9.68. The Hall–Kier alpha value is -0.570. The van der Waals surface area contributed by atoms with Gasteiger partial charge in [0.15, 0.2) is 0 Å². The smallest absolute Gasteiger partial charge is 0.308 e. The standard InChI is InChI=1S/C16H32O3/c1-4-5-6-7-8-9-10-11-12-15(17)13-19-16(18)14(2)3/h14-15,17H,4-13H2,1-3H3. The number of ether oxygens (including phenoxy) is 1. The van der Waals surface area contributed by atoms with Gasteiger partial charge in [0.2, 0.25) is 0 Å². The molecule has 3 heteroatoms. The molecule has 0 aliphatic heterocycles. The van der Waals surface area contributed by atoms with Crippen LogP contribution in [-0.2, 0) is 9.53 Å². The Bertz CT molecular complexity index is 214. The molecule has 1 N–H and O–H groups in total. The minimum absolute atomic E-state index is 0.115. The second-order valence-electron chi connectivity index (χ2n) is 5.70. The van der Waals surface area contributed by atoms with Crippen molar-refractivity contribution in [2.24, 2.45) is 5.92 Å². The molecule has 0 rings (SSSR count). The molecule has 0 aromatic heterocycles. The first-order valence-corrected chi connectivity index (χ1v) is 7.92. The molecule has 0 amide bonds. The zero-order valence-corrected chi connectivity index (χ0v) is 13.0. The Morgan fingerprint density at radius 2 is 1.53 bits per heavy atom. The Kier molecular flexibility index (Phi) is 12.1. The average molecular weight is 272 g/mol. The van der Waals surface area contributed by atoms with Crippen molar-refractivity contribution in [1.29, 1.82) is 0 Å². The topological polar surface area (TPSA) is 46.5 Å². The minimum Gasteiger partial charge on any atom is -0.463 e. The van der Waals surface area contributed by atoms with Crippen molar-refractivity contribution in [1.82, 2.24) is 0 Å². The second kappa shape index (κ2) is 12.5. The van der Waals surface area contributed by atoms with Crippen LogP contribution in [0.5, 0.6) is 0 Å². The molecule has 3 nitrogen and oxygen atoms in total. The van der Waals surface area contributed by atoms with Crippen LogP contribution in [0.3, 0.4) is 0 Å². The SMILES string of the molecule is CCCCCCCCCCC(O)COC(=O)C(C)C. The number of unbranched alkanes of at least 4 members (excludes halogenated alkanes) is 7. The predicted molar refractivity (Wildman–Crippen MR) is 79.0 cm³/mol. The van der Waals surface area contributed by atoms with Crippen molar-refractivity contribution in [3.05, 3.63) is 0 Å². The van der Waals surface area contributed by atoms with Crippen molar-refractivity contribution >= 4 is 5.97 Å². The number of aliphatic hydroxyl groups is 1. The maximum Gasteiger partial charge on any atom is 0.308 e. The van der Waals surface area contributed by atoms with Crippen LogP contribution in [0.15, 0.2) is 0 Å². The fraction of sp³-hybridized carbons (Fsp3) is 0.938. The van der Waals surface area contributed by atoms with E-state index in [0.717, 1.165) is 12.8 Å². The lowest BCUT2D eigenvalue weighted by Crippen LogP contribution is -2.21. The molecule has 0 aliphatic carbocycles. The Morgan fingerprint density at radius 1 is 1.00 bits per heavy atom. The van der Waals surface area contributed by atoms with Crippen LogP contribution in [-0.4, -0.2) is 23.8 Å². The zero-order valence-electron chi connectivity index (χ0n) is 13.0. The number of rotatable bonds is 12. The minimum atomic E-state index is -0.497. The lowest BCUT2D eigenvalue weighted by molar-refractivity contribution is -0.150. The van der Waals surface area contributed by atoms with Gasteiger partial charge in [-0.05, 0) is 6.42 Å². The van der Waals surface area contributed by atoms with Crippen molar-refractivity contribution in [2.45, 2.75) is 84.7 Å². The summed E-state index contributed by atoms with van der Waals surface area (Å²) in [5.74, 6) is -0.342. The molecule has 0 radical (unpaired) electrons. The van der Waals surface area contributed by atoms with E-state index >= 15 is 0 Å². The van der Waals surface area contributed by atoms with E-state index in [9.17, 15) is 9.90 Å². The normalized spacial score (nSPS) is 12.7. The van der Waals surface area contributed by atoms with Crippen LogP contribution >= 0.6 is 0 Å². The number of carbonyl (C=O) groups is 1. The molecule has 0 saturated heterocycles. The van der Waals surface area contributed by atoms with E-state index < -0.39 is 6.10 Å². The Balaban J connectivity index is 3.29. The van der Waals surface area contributed by atoms with Crippen molar-refractivity contribution in [3.63, 3.8) is 0 Å². The Labute approximate surface area is 118 Å². The van der Waals surface area contributed by atoms with E-state index in [-0.39, 0.29) is 18.5 Å². The van der Waals surface area contributed by atoms with Crippen LogP contribution in [0.1, 0.15) is 78.6 Å². The largest absolute Gasteiger partial charge is 0.463 e. The van der Waals surface area contributed by atoms with Gasteiger partial charge in [-0.25, -0.2) is 0 Å². The van der Waals surface area contributed by atoms with Crippen LogP contribution < -0.4 is 0 Å². The highest BCUT2D eigenvalue weighted by Gasteiger charge is 2.11. The molecule has 0 saturated carbocycles. The van der Waals surface area contributed by atoms with Gasteiger partial charge in [-0.2, -0.15) is 0 Å². The summed E-state index contributed by atoms with van der Waals surface area (Å²) in [5.41, 5.74) is 0. The third-order valence-electron chi connectivity index (χ3n) is 3.28. The molecule has 1 atom stereocenters. The predicted octanol–water partition coefficient (Wildman–Crippen LogP) is 4.08. The van der Waals surface area contributed by atoms with Crippen molar-refractivity contribution < 1.29 is 14.6 Å². The summed E-state index contributed by atoms with van der Waals surface area (Å²) < 4.78 is 5.00. The summed E-state index contributed by atoms with van der Waals surface area (Å²) in [6.45, 7) is 5.97. The fourth-order valence-electron chi connectivity index (χ4n) is 1.94. The number of carbonyl (C=O) groups excluding carboxylic acids is 1. The van der Waals surface area contributed by atoms with Crippen LogP contribution in [0.4, 0.5) is 0 Å². The number of hydrogen-bond donors (Lipinski definition) is 1. The van der Waals surface area contributed by atoms with E-state index in [4.69, 9.17) is 4.74 Å². The first-order valence-electron chi connectivity index (χ1n) is 7.92. The summed E-state index contributed by atoms with van der Waals surface area (Å²) in [6.07, 6.45) is 10.3. The molecule has 0 aromatic rings. The molecule has 0 heterocycles. The molecular weight excluding hydrogens is 240 g/mol. The van der Waals surface area contributed by atoms with Gasteiger partial charge < -0.3 is 9.84 Å². The van der Waals surface area contributed by atoms with Gasteiger partial charge in [0.05, 0.1) is 12.0 Å². The molecule has 0 aliphatic rings. The summed E-state index contributed by atoms with van der Waals surface area (Å²) in [7, 11) is 0. The highest BCUT2D eigenvalue weighted by Crippen LogP contribution is 2.11. The monoisotopic (exact) mass is 272 g/mol. The maximum atomic E-state index is 11.2. The second-order valence-corrected chi connectivity index (χ2v) is 5.70. The highest BCUT2D eigenvalue weighted by molar-refractivity contribution is 5.71. The van der Waals surface area contributed by atoms with E-state index in [1.807, 2.05) is 0 Å². The van der Waals surface area contributed by atoms with Gasteiger partial charge in [0.1, 0.15) is 6.61 Å². The summed E-state index contributed by atoms with van der Waals surface area (Å²) in [4.78, 5) is 11.2. The first-order chi connectivity index (χ1) is 9.07. The van der Waals surface area contributed by atoms with E-state index in [1.54, 1.807) is 13.8 Å². The number of esters is 1. The lowest BCUT2D eigenvalue weighted by Gasteiger charge is -2.12. The molecule has 0 spiro atoms. The van der Waals surface area contributed by atoms with E-state index in [0.29, 0.717) is 0 Å². The van der Waals surface area contributed by atoms with Gasteiger partial charge in [0.25, 0.3) is 0 Å².